The van der Waals surface area contributed by atoms with E-state index in [1.165, 1.54) is 0 Å². The summed E-state index contributed by atoms with van der Waals surface area (Å²) in [6.45, 7) is 4.98. The molecular weight excluding hydrogens is 194 g/mol. The third-order valence-electron chi connectivity index (χ3n) is 2.75. The van der Waals surface area contributed by atoms with E-state index >= 15 is 0 Å². The minimum Gasteiger partial charge on any atom is -0.390 e. The van der Waals surface area contributed by atoms with Crippen LogP contribution in [0.15, 0.2) is 0 Å². The predicted octanol–water partition coefficient (Wildman–Crippen LogP) is 0.542. The largest absolute Gasteiger partial charge is 0.390 e. The van der Waals surface area contributed by atoms with Gasteiger partial charge in [-0.3, -0.25) is 0 Å². The molecule has 0 saturated carbocycles. The van der Waals surface area contributed by atoms with Crippen molar-refractivity contribution in [1.82, 2.24) is 5.32 Å². The maximum absolute atomic E-state index is 10.1. The number of aliphatic hydroxyl groups is 1. The Morgan fingerprint density at radius 2 is 2.40 bits per heavy atom. The van der Waals surface area contributed by atoms with Crippen LogP contribution in [0.5, 0.6) is 0 Å². The zero-order valence-electron chi connectivity index (χ0n) is 9.79. The molecule has 0 aromatic carbocycles. The molecule has 0 amide bonds. The van der Waals surface area contributed by atoms with Gasteiger partial charge in [-0.25, -0.2) is 0 Å². The summed E-state index contributed by atoms with van der Waals surface area (Å²) in [7, 11) is 1.69. The highest BCUT2D eigenvalue weighted by Crippen LogP contribution is 2.19. The summed E-state index contributed by atoms with van der Waals surface area (Å²) in [5.41, 5.74) is -0.614. The minimum atomic E-state index is -0.614. The zero-order valence-corrected chi connectivity index (χ0v) is 9.79. The highest BCUT2D eigenvalue weighted by molar-refractivity contribution is 4.82. The third kappa shape index (κ3) is 5.47. The first-order valence-electron chi connectivity index (χ1n) is 5.66. The van der Waals surface area contributed by atoms with Crippen LogP contribution in [0.2, 0.25) is 0 Å². The van der Waals surface area contributed by atoms with Crippen LogP contribution in [0.3, 0.4) is 0 Å². The van der Waals surface area contributed by atoms with Gasteiger partial charge in [0, 0.05) is 26.3 Å². The highest BCUT2D eigenvalue weighted by atomic mass is 16.5. The molecule has 4 nitrogen and oxygen atoms in total. The van der Waals surface area contributed by atoms with Crippen molar-refractivity contribution in [2.45, 2.75) is 37.8 Å². The van der Waals surface area contributed by atoms with E-state index in [1.807, 2.05) is 6.92 Å². The summed E-state index contributed by atoms with van der Waals surface area (Å²) < 4.78 is 10.3. The highest BCUT2D eigenvalue weighted by Gasteiger charge is 2.26. The SMILES string of the molecule is COCCCC(C)(O)CC1COCCN1. The molecule has 1 aliphatic rings. The molecule has 1 heterocycles. The lowest BCUT2D eigenvalue weighted by atomic mass is 9.92. The van der Waals surface area contributed by atoms with E-state index in [-0.39, 0.29) is 6.04 Å². The molecule has 0 bridgehead atoms. The first-order chi connectivity index (χ1) is 7.14. The van der Waals surface area contributed by atoms with Crippen molar-refractivity contribution in [3.8, 4) is 0 Å². The number of ether oxygens (including phenoxy) is 2. The van der Waals surface area contributed by atoms with E-state index in [4.69, 9.17) is 9.47 Å². The van der Waals surface area contributed by atoms with E-state index in [1.54, 1.807) is 7.11 Å². The van der Waals surface area contributed by atoms with Gasteiger partial charge in [-0.15, -0.1) is 0 Å². The molecule has 4 heteroatoms. The molecule has 90 valence electrons. The molecule has 1 saturated heterocycles. The van der Waals surface area contributed by atoms with E-state index < -0.39 is 5.60 Å². The second-order valence-electron chi connectivity index (χ2n) is 4.52. The lowest BCUT2D eigenvalue weighted by Crippen LogP contribution is -2.46. The Morgan fingerprint density at radius 1 is 1.60 bits per heavy atom. The molecule has 1 fully saturated rings. The molecule has 2 unspecified atom stereocenters. The third-order valence-corrected chi connectivity index (χ3v) is 2.75. The van der Waals surface area contributed by atoms with E-state index in [0.717, 1.165) is 32.4 Å². The number of hydrogen-bond donors (Lipinski definition) is 2. The van der Waals surface area contributed by atoms with E-state index in [9.17, 15) is 5.11 Å². The van der Waals surface area contributed by atoms with Gasteiger partial charge in [-0.05, 0) is 26.2 Å². The molecule has 0 radical (unpaired) electrons. The Morgan fingerprint density at radius 3 is 3.00 bits per heavy atom. The van der Waals surface area contributed by atoms with Gasteiger partial charge in [0.15, 0.2) is 0 Å². The summed E-state index contributed by atoms with van der Waals surface area (Å²) in [5, 5.41) is 13.5. The van der Waals surface area contributed by atoms with Gasteiger partial charge in [0.05, 0.1) is 18.8 Å². The van der Waals surface area contributed by atoms with E-state index in [0.29, 0.717) is 13.2 Å². The average Bonchev–Trinajstić information content (AvgIpc) is 2.18. The Bertz CT molecular complexity index is 167. The van der Waals surface area contributed by atoms with Gasteiger partial charge in [-0.1, -0.05) is 0 Å². The lowest BCUT2D eigenvalue weighted by molar-refractivity contribution is -0.00377. The second kappa shape index (κ2) is 6.43. The van der Waals surface area contributed by atoms with E-state index in [2.05, 4.69) is 5.32 Å². The number of methoxy groups -OCH3 is 1. The first-order valence-corrected chi connectivity index (χ1v) is 5.66. The molecule has 2 atom stereocenters. The lowest BCUT2D eigenvalue weighted by Gasteiger charge is -2.31. The molecule has 0 aliphatic carbocycles. The van der Waals surface area contributed by atoms with Crippen molar-refractivity contribution >= 4 is 0 Å². The monoisotopic (exact) mass is 217 g/mol. The molecular formula is C11H23NO3. The Hall–Kier alpha value is -0.160. The van der Waals surface area contributed by atoms with Gasteiger partial charge in [0.1, 0.15) is 0 Å². The summed E-state index contributed by atoms with van der Waals surface area (Å²) in [5.74, 6) is 0. The standard InChI is InChI=1S/C11H23NO3/c1-11(13,4-3-6-14-2)8-10-9-15-7-5-12-10/h10,12-13H,3-9H2,1-2H3. The van der Waals surface area contributed by atoms with Crippen LogP contribution >= 0.6 is 0 Å². The van der Waals surface area contributed by atoms with Crippen molar-refractivity contribution < 1.29 is 14.6 Å². The van der Waals surface area contributed by atoms with Gasteiger partial charge < -0.3 is 19.9 Å². The molecule has 0 spiro atoms. The zero-order chi connectivity index (χ0) is 11.1. The van der Waals surface area contributed by atoms with Crippen LogP contribution in [0.4, 0.5) is 0 Å². The maximum Gasteiger partial charge on any atom is 0.0636 e. The van der Waals surface area contributed by atoms with Crippen LogP contribution in [0, 0.1) is 0 Å². The normalized spacial score (nSPS) is 26.2. The van der Waals surface area contributed by atoms with Crippen molar-refractivity contribution in [2.75, 3.05) is 33.5 Å². The van der Waals surface area contributed by atoms with Gasteiger partial charge in [-0.2, -0.15) is 0 Å². The fraction of sp³-hybridized carbons (Fsp3) is 1.00. The van der Waals surface area contributed by atoms with Crippen LogP contribution in [-0.4, -0.2) is 50.2 Å². The quantitative estimate of drug-likeness (QED) is 0.638. The van der Waals surface area contributed by atoms with Crippen LogP contribution in [0.1, 0.15) is 26.2 Å². The maximum atomic E-state index is 10.1. The fourth-order valence-corrected chi connectivity index (χ4v) is 1.98. The Kier molecular flexibility index (Phi) is 5.53. The molecule has 15 heavy (non-hydrogen) atoms. The number of hydrogen-bond acceptors (Lipinski definition) is 4. The van der Waals surface area contributed by atoms with Crippen LogP contribution in [-0.2, 0) is 9.47 Å². The van der Waals surface area contributed by atoms with Gasteiger partial charge >= 0.3 is 0 Å². The summed E-state index contributed by atoms with van der Waals surface area (Å²) in [6, 6.07) is 0.288. The summed E-state index contributed by atoms with van der Waals surface area (Å²) in [6.07, 6.45) is 2.42. The van der Waals surface area contributed by atoms with Crippen molar-refractivity contribution in [3.63, 3.8) is 0 Å². The minimum absolute atomic E-state index is 0.288. The van der Waals surface area contributed by atoms with Gasteiger partial charge in [0.2, 0.25) is 0 Å². The van der Waals surface area contributed by atoms with Crippen LogP contribution < -0.4 is 5.32 Å². The number of nitrogens with one attached hydrogen (secondary N) is 1. The van der Waals surface area contributed by atoms with Gasteiger partial charge in [0.25, 0.3) is 0 Å². The first kappa shape index (κ1) is 12.9. The molecule has 0 aromatic heterocycles. The Balaban J connectivity index is 2.20. The summed E-state index contributed by atoms with van der Waals surface area (Å²) >= 11 is 0. The van der Waals surface area contributed by atoms with Crippen molar-refractivity contribution in [3.05, 3.63) is 0 Å². The second-order valence-corrected chi connectivity index (χ2v) is 4.52. The fourth-order valence-electron chi connectivity index (χ4n) is 1.98. The van der Waals surface area contributed by atoms with Crippen LogP contribution in [0.25, 0.3) is 0 Å². The predicted molar refractivity (Wildman–Crippen MR) is 59.0 cm³/mol. The molecule has 0 aromatic rings. The number of rotatable bonds is 6. The summed E-state index contributed by atoms with van der Waals surface area (Å²) in [4.78, 5) is 0. The smallest absolute Gasteiger partial charge is 0.0636 e. The topological polar surface area (TPSA) is 50.7 Å². The Labute approximate surface area is 92.0 Å². The molecule has 1 aliphatic heterocycles. The molecule has 1 rings (SSSR count). The van der Waals surface area contributed by atoms with Crippen molar-refractivity contribution in [2.24, 2.45) is 0 Å². The molecule has 2 N–H and O–H groups in total. The average molecular weight is 217 g/mol. The van der Waals surface area contributed by atoms with Crippen molar-refractivity contribution in [1.29, 1.82) is 0 Å². The number of morpholine rings is 1.